The Morgan fingerprint density at radius 3 is 2.42 bits per heavy atom. The van der Waals surface area contributed by atoms with E-state index in [2.05, 4.69) is 0 Å². The highest BCUT2D eigenvalue weighted by Gasteiger charge is 2.27. The zero-order valence-corrected chi connectivity index (χ0v) is 6.90. The minimum atomic E-state index is -3.24. The molecule has 12 heavy (non-hydrogen) atoms. The van der Waals surface area contributed by atoms with E-state index in [1.165, 1.54) is 0 Å². The quantitative estimate of drug-likeness (QED) is 0.601. The van der Waals surface area contributed by atoms with Crippen LogP contribution in [0.4, 0.5) is 4.39 Å². The maximum atomic E-state index is 12.6. The number of sulfone groups is 1. The minimum absolute atomic E-state index is 0.000463. The van der Waals surface area contributed by atoms with Crippen LogP contribution < -0.4 is 0 Å². The summed E-state index contributed by atoms with van der Waals surface area (Å²) in [5.41, 5.74) is -0.123. The first kappa shape index (κ1) is 9.18. The van der Waals surface area contributed by atoms with Gasteiger partial charge in [-0.25, -0.2) is 13.2 Å². The lowest BCUT2D eigenvalue weighted by Gasteiger charge is -1.92. The molecule has 1 aliphatic heterocycles. The summed E-state index contributed by atoms with van der Waals surface area (Å²) in [5, 5.41) is 8.18. The van der Waals surface area contributed by atoms with Gasteiger partial charge in [-0.15, -0.1) is 0 Å². The number of carboxylic acids is 1. The van der Waals surface area contributed by atoms with Gasteiger partial charge in [0.2, 0.25) is 5.83 Å². The van der Waals surface area contributed by atoms with Crippen LogP contribution in [-0.4, -0.2) is 31.0 Å². The van der Waals surface area contributed by atoms with Gasteiger partial charge in [0.15, 0.2) is 9.84 Å². The SMILES string of the molecule is O=C(O)/C(F)=C1/CCS(=O)(=O)C1. The van der Waals surface area contributed by atoms with E-state index in [1.54, 1.807) is 0 Å². The van der Waals surface area contributed by atoms with Gasteiger partial charge in [0.05, 0.1) is 11.5 Å². The van der Waals surface area contributed by atoms with Crippen molar-refractivity contribution in [1.82, 2.24) is 0 Å². The van der Waals surface area contributed by atoms with Crippen molar-refractivity contribution in [2.45, 2.75) is 6.42 Å². The molecule has 0 amide bonds. The first-order valence-electron chi connectivity index (χ1n) is 3.23. The topological polar surface area (TPSA) is 71.4 Å². The van der Waals surface area contributed by atoms with Gasteiger partial charge in [-0.05, 0) is 12.0 Å². The van der Waals surface area contributed by atoms with Crippen molar-refractivity contribution in [3.63, 3.8) is 0 Å². The standard InChI is InChI=1S/C6H7FO4S/c7-5(6(8)9)4-1-2-12(10,11)3-4/h1-3H2,(H,8,9)/b5-4+. The Morgan fingerprint density at radius 2 is 2.08 bits per heavy atom. The molecule has 1 N–H and O–H groups in total. The summed E-state index contributed by atoms with van der Waals surface area (Å²) in [6, 6.07) is 0. The van der Waals surface area contributed by atoms with Crippen LogP contribution in [0.2, 0.25) is 0 Å². The van der Waals surface area contributed by atoms with Crippen molar-refractivity contribution in [2.75, 3.05) is 11.5 Å². The number of carboxylic acid groups (broad SMARTS) is 1. The number of carbonyl (C=O) groups is 1. The third-order valence-corrected chi connectivity index (χ3v) is 3.22. The maximum absolute atomic E-state index is 12.6. The summed E-state index contributed by atoms with van der Waals surface area (Å²) >= 11 is 0. The molecule has 0 aromatic carbocycles. The highest BCUT2D eigenvalue weighted by Crippen LogP contribution is 2.21. The molecule has 4 nitrogen and oxygen atoms in total. The molecule has 0 radical (unpaired) electrons. The van der Waals surface area contributed by atoms with Crippen LogP contribution in [0.1, 0.15) is 6.42 Å². The predicted molar refractivity (Wildman–Crippen MR) is 39.0 cm³/mol. The van der Waals surface area contributed by atoms with Crippen molar-refractivity contribution in [3.05, 3.63) is 11.4 Å². The van der Waals surface area contributed by atoms with Crippen LogP contribution >= 0.6 is 0 Å². The van der Waals surface area contributed by atoms with Crippen LogP contribution in [-0.2, 0) is 14.6 Å². The predicted octanol–water partition coefficient (Wildman–Crippen LogP) is 0.113. The Kier molecular flexibility index (Phi) is 2.18. The molecule has 1 fully saturated rings. The third kappa shape index (κ3) is 1.82. The fraction of sp³-hybridized carbons (Fsp3) is 0.500. The minimum Gasteiger partial charge on any atom is -0.476 e. The number of halogens is 1. The van der Waals surface area contributed by atoms with Gasteiger partial charge in [0.25, 0.3) is 0 Å². The Bertz CT molecular complexity index is 341. The molecule has 0 saturated carbocycles. The van der Waals surface area contributed by atoms with Gasteiger partial charge >= 0.3 is 5.97 Å². The number of hydrogen-bond donors (Lipinski definition) is 1. The van der Waals surface area contributed by atoms with E-state index in [4.69, 9.17) is 5.11 Å². The molecule has 6 heteroatoms. The molecule has 0 aliphatic carbocycles. The summed E-state index contributed by atoms with van der Waals surface area (Å²) in [7, 11) is -3.24. The zero-order valence-electron chi connectivity index (χ0n) is 6.08. The summed E-state index contributed by atoms with van der Waals surface area (Å²) < 4.78 is 34.1. The lowest BCUT2D eigenvalue weighted by Crippen LogP contribution is -2.03. The van der Waals surface area contributed by atoms with Crippen molar-refractivity contribution >= 4 is 15.8 Å². The molecule has 0 unspecified atom stereocenters. The van der Waals surface area contributed by atoms with Crippen molar-refractivity contribution in [1.29, 1.82) is 0 Å². The Hall–Kier alpha value is -0.910. The molecule has 0 aromatic heterocycles. The van der Waals surface area contributed by atoms with E-state index >= 15 is 0 Å². The molecule has 68 valence electrons. The van der Waals surface area contributed by atoms with Gasteiger partial charge in [0, 0.05) is 0 Å². The average molecular weight is 194 g/mol. The van der Waals surface area contributed by atoms with E-state index in [1.807, 2.05) is 0 Å². The zero-order chi connectivity index (χ0) is 9.35. The maximum Gasteiger partial charge on any atom is 0.364 e. The van der Waals surface area contributed by atoms with Gasteiger partial charge in [-0.1, -0.05) is 0 Å². The molecule has 1 saturated heterocycles. The molecule has 0 atom stereocenters. The molecule has 0 aromatic rings. The first-order valence-corrected chi connectivity index (χ1v) is 5.06. The van der Waals surface area contributed by atoms with E-state index in [-0.39, 0.29) is 17.7 Å². The van der Waals surface area contributed by atoms with Crippen LogP contribution in [0.25, 0.3) is 0 Å². The van der Waals surface area contributed by atoms with Crippen LogP contribution in [0.15, 0.2) is 11.4 Å². The first-order chi connectivity index (χ1) is 5.42. The second-order valence-corrected chi connectivity index (χ2v) is 4.75. The Balaban J connectivity index is 2.96. The number of rotatable bonds is 1. The van der Waals surface area contributed by atoms with E-state index in [0.29, 0.717) is 0 Å². The monoisotopic (exact) mass is 194 g/mol. The summed E-state index contributed by atoms with van der Waals surface area (Å²) in [6.07, 6.45) is 0.000463. The van der Waals surface area contributed by atoms with Crippen molar-refractivity contribution in [3.8, 4) is 0 Å². The van der Waals surface area contributed by atoms with Crippen LogP contribution in [0.5, 0.6) is 0 Å². The lowest BCUT2D eigenvalue weighted by molar-refractivity contribution is -0.134. The van der Waals surface area contributed by atoms with Crippen LogP contribution in [0, 0.1) is 0 Å². The molecule has 1 heterocycles. The van der Waals surface area contributed by atoms with Crippen molar-refractivity contribution in [2.24, 2.45) is 0 Å². The second-order valence-electron chi connectivity index (χ2n) is 2.56. The lowest BCUT2D eigenvalue weighted by atomic mass is 10.2. The van der Waals surface area contributed by atoms with E-state index < -0.39 is 27.4 Å². The number of aliphatic carboxylic acids is 1. The largest absolute Gasteiger partial charge is 0.476 e. The molecular weight excluding hydrogens is 187 g/mol. The molecule has 1 aliphatic rings. The third-order valence-electron chi connectivity index (χ3n) is 1.61. The van der Waals surface area contributed by atoms with Crippen molar-refractivity contribution < 1.29 is 22.7 Å². The van der Waals surface area contributed by atoms with E-state index in [9.17, 15) is 17.6 Å². The fourth-order valence-electron chi connectivity index (χ4n) is 1.01. The summed E-state index contributed by atoms with van der Waals surface area (Å²) in [6.45, 7) is 0. The highest BCUT2D eigenvalue weighted by molar-refractivity contribution is 7.91. The normalized spacial score (nSPS) is 25.4. The van der Waals surface area contributed by atoms with Crippen LogP contribution in [0.3, 0.4) is 0 Å². The van der Waals surface area contributed by atoms with Gasteiger partial charge < -0.3 is 5.11 Å². The van der Waals surface area contributed by atoms with Gasteiger partial charge in [-0.2, -0.15) is 4.39 Å². The molecule has 0 spiro atoms. The molecular formula is C6H7FO4S. The fourth-order valence-corrected chi connectivity index (χ4v) is 2.52. The van der Waals surface area contributed by atoms with Gasteiger partial charge in [0.1, 0.15) is 0 Å². The highest BCUT2D eigenvalue weighted by atomic mass is 32.2. The molecule has 0 bridgehead atoms. The Morgan fingerprint density at radius 1 is 1.50 bits per heavy atom. The average Bonchev–Trinajstić information content (AvgIpc) is 2.28. The van der Waals surface area contributed by atoms with Gasteiger partial charge in [-0.3, -0.25) is 0 Å². The second kappa shape index (κ2) is 2.85. The summed E-state index contributed by atoms with van der Waals surface area (Å²) in [4.78, 5) is 10.1. The smallest absolute Gasteiger partial charge is 0.364 e. The Labute approximate surface area is 68.6 Å². The van der Waals surface area contributed by atoms with E-state index in [0.717, 1.165) is 0 Å². The number of hydrogen-bond acceptors (Lipinski definition) is 3. The summed E-state index contributed by atoms with van der Waals surface area (Å²) in [5.74, 6) is -3.62. The molecule has 1 rings (SSSR count).